The second-order valence-corrected chi connectivity index (χ2v) is 5.83. The number of hydrogen-bond donors (Lipinski definition) is 0. The lowest BCUT2D eigenvalue weighted by atomic mass is 10.4. The second kappa shape index (κ2) is 5.36. The van der Waals surface area contributed by atoms with Crippen molar-refractivity contribution in [1.29, 1.82) is 0 Å². The van der Waals surface area contributed by atoms with Crippen LogP contribution in [0.15, 0.2) is 23.1 Å². The van der Waals surface area contributed by atoms with Crippen molar-refractivity contribution in [3.8, 4) is 0 Å². The number of nitrogens with zero attached hydrogens (tertiary/aromatic N) is 1. The van der Waals surface area contributed by atoms with Crippen LogP contribution in [0.4, 0.5) is 0 Å². The predicted octanol–water partition coefficient (Wildman–Crippen LogP) is 3.02. The molecule has 0 unspecified atom stereocenters. The molecule has 3 nitrogen and oxygen atoms in total. The number of sulfonamides is 1. The fraction of sp³-hybridized carbons (Fsp3) is 0.400. The molecule has 0 N–H and O–H groups in total. The van der Waals surface area contributed by atoms with Gasteiger partial charge in [0.1, 0.15) is 4.90 Å². The van der Waals surface area contributed by atoms with Crippen LogP contribution < -0.4 is 0 Å². The highest BCUT2D eigenvalue weighted by Gasteiger charge is 2.26. The predicted molar refractivity (Wildman–Crippen MR) is 66.6 cm³/mol. The lowest BCUT2D eigenvalue weighted by Gasteiger charge is -2.19. The first-order valence-electron chi connectivity index (χ1n) is 4.89. The Kier molecular flexibility index (Phi) is 4.62. The molecule has 0 bridgehead atoms. The SMILES string of the molecule is CCN(CC)S(=O)(=O)c1c(Cl)cccc1Cl. The van der Waals surface area contributed by atoms with Gasteiger partial charge in [-0.3, -0.25) is 0 Å². The van der Waals surface area contributed by atoms with Crippen molar-refractivity contribution in [3.05, 3.63) is 28.2 Å². The third kappa shape index (κ3) is 2.51. The normalized spacial score (nSPS) is 12.1. The van der Waals surface area contributed by atoms with Gasteiger partial charge in [-0.2, -0.15) is 4.31 Å². The van der Waals surface area contributed by atoms with Gasteiger partial charge in [0, 0.05) is 13.1 Å². The Morgan fingerprint density at radius 3 is 1.94 bits per heavy atom. The summed E-state index contributed by atoms with van der Waals surface area (Å²) in [5, 5.41) is 0.304. The average Bonchev–Trinajstić information content (AvgIpc) is 2.18. The number of rotatable bonds is 4. The Labute approximate surface area is 106 Å². The van der Waals surface area contributed by atoms with E-state index in [0.717, 1.165) is 0 Å². The Balaban J connectivity index is 3.38. The van der Waals surface area contributed by atoms with Gasteiger partial charge in [-0.05, 0) is 12.1 Å². The molecule has 0 saturated heterocycles. The van der Waals surface area contributed by atoms with Crippen LogP contribution >= 0.6 is 23.2 Å². The molecule has 0 fully saturated rings. The quantitative estimate of drug-likeness (QED) is 0.851. The summed E-state index contributed by atoms with van der Waals surface area (Å²) < 4.78 is 25.7. The molecule has 0 aliphatic heterocycles. The summed E-state index contributed by atoms with van der Waals surface area (Å²) in [6.45, 7) is 4.32. The van der Waals surface area contributed by atoms with E-state index in [9.17, 15) is 8.42 Å². The Hall–Kier alpha value is -0.290. The maximum atomic E-state index is 12.2. The molecular weight excluding hydrogens is 269 g/mol. The Morgan fingerprint density at radius 1 is 1.12 bits per heavy atom. The molecule has 0 radical (unpaired) electrons. The molecule has 6 heteroatoms. The fourth-order valence-corrected chi connectivity index (χ4v) is 3.97. The van der Waals surface area contributed by atoms with Crippen LogP contribution in [0.1, 0.15) is 13.8 Å². The van der Waals surface area contributed by atoms with Crippen LogP contribution in [-0.4, -0.2) is 25.8 Å². The van der Waals surface area contributed by atoms with Crippen molar-refractivity contribution in [1.82, 2.24) is 4.31 Å². The van der Waals surface area contributed by atoms with Crippen molar-refractivity contribution in [2.75, 3.05) is 13.1 Å². The molecule has 0 amide bonds. The van der Waals surface area contributed by atoms with Crippen molar-refractivity contribution < 1.29 is 8.42 Å². The summed E-state index contributed by atoms with van der Waals surface area (Å²) in [5.41, 5.74) is 0. The van der Waals surface area contributed by atoms with Crippen LogP contribution in [-0.2, 0) is 10.0 Å². The smallest absolute Gasteiger partial charge is 0.207 e. The summed E-state index contributed by atoms with van der Waals surface area (Å²) in [6.07, 6.45) is 0. The minimum Gasteiger partial charge on any atom is -0.207 e. The van der Waals surface area contributed by atoms with Gasteiger partial charge in [-0.15, -0.1) is 0 Å². The number of benzene rings is 1. The lowest BCUT2D eigenvalue weighted by molar-refractivity contribution is 0.445. The molecular formula is C10H13Cl2NO2S. The van der Waals surface area contributed by atoms with E-state index in [0.29, 0.717) is 13.1 Å². The first-order valence-corrected chi connectivity index (χ1v) is 7.08. The first-order chi connectivity index (χ1) is 7.45. The first kappa shape index (κ1) is 13.8. The molecule has 0 atom stereocenters. The molecule has 0 heterocycles. The van der Waals surface area contributed by atoms with Gasteiger partial charge in [-0.1, -0.05) is 43.1 Å². The lowest BCUT2D eigenvalue weighted by Crippen LogP contribution is -2.31. The largest absolute Gasteiger partial charge is 0.246 e. The minimum absolute atomic E-state index is 0.0120. The van der Waals surface area contributed by atoms with E-state index < -0.39 is 10.0 Å². The van der Waals surface area contributed by atoms with Gasteiger partial charge >= 0.3 is 0 Å². The molecule has 1 aromatic carbocycles. The van der Waals surface area contributed by atoms with Gasteiger partial charge in [0.15, 0.2) is 0 Å². The van der Waals surface area contributed by atoms with Gasteiger partial charge in [-0.25, -0.2) is 8.42 Å². The van der Waals surface area contributed by atoms with E-state index in [1.807, 2.05) is 0 Å². The summed E-state index contributed by atoms with van der Waals surface area (Å²) in [6, 6.07) is 4.65. The summed E-state index contributed by atoms with van der Waals surface area (Å²) >= 11 is 11.8. The standard InChI is InChI=1S/C10H13Cl2NO2S/c1-3-13(4-2)16(14,15)10-8(11)6-5-7-9(10)12/h5-7H,3-4H2,1-2H3. The zero-order valence-corrected chi connectivity index (χ0v) is 11.4. The summed E-state index contributed by atoms with van der Waals surface area (Å²) in [5.74, 6) is 0. The minimum atomic E-state index is -3.59. The molecule has 0 spiro atoms. The van der Waals surface area contributed by atoms with Crippen LogP contribution in [0.2, 0.25) is 10.0 Å². The van der Waals surface area contributed by atoms with Gasteiger partial charge in [0.2, 0.25) is 10.0 Å². The van der Waals surface area contributed by atoms with Crippen molar-refractivity contribution in [2.45, 2.75) is 18.7 Å². The summed E-state index contributed by atoms with van der Waals surface area (Å²) in [7, 11) is -3.59. The molecule has 1 aromatic rings. The van der Waals surface area contributed by atoms with Crippen molar-refractivity contribution in [3.63, 3.8) is 0 Å². The van der Waals surface area contributed by atoms with E-state index in [1.165, 1.54) is 16.4 Å². The maximum Gasteiger partial charge on any atom is 0.246 e. The summed E-state index contributed by atoms with van der Waals surface area (Å²) in [4.78, 5) is -0.0120. The third-order valence-electron chi connectivity index (χ3n) is 2.22. The Morgan fingerprint density at radius 2 is 1.56 bits per heavy atom. The van der Waals surface area contributed by atoms with Crippen molar-refractivity contribution >= 4 is 33.2 Å². The molecule has 0 aliphatic rings. The molecule has 0 aromatic heterocycles. The van der Waals surface area contributed by atoms with E-state index in [-0.39, 0.29) is 14.9 Å². The van der Waals surface area contributed by atoms with Gasteiger partial charge in [0.25, 0.3) is 0 Å². The zero-order valence-electron chi connectivity index (χ0n) is 9.07. The molecule has 90 valence electrons. The van der Waals surface area contributed by atoms with E-state index >= 15 is 0 Å². The van der Waals surface area contributed by atoms with Crippen LogP contribution in [0.5, 0.6) is 0 Å². The average molecular weight is 282 g/mol. The van der Waals surface area contributed by atoms with Gasteiger partial charge in [0.05, 0.1) is 10.0 Å². The van der Waals surface area contributed by atoms with E-state index in [2.05, 4.69) is 0 Å². The topological polar surface area (TPSA) is 37.4 Å². The molecule has 0 aliphatic carbocycles. The number of halogens is 2. The van der Waals surface area contributed by atoms with Crippen LogP contribution in [0.25, 0.3) is 0 Å². The zero-order chi connectivity index (χ0) is 12.3. The van der Waals surface area contributed by atoms with E-state index in [1.54, 1.807) is 19.9 Å². The highest BCUT2D eigenvalue weighted by Crippen LogP contribution is 2.31. The van der Waals surface area contributed by atoms with Crippen LogP contribution in [0, 0.1) is 0 Å². The monoisotopic (exact) mass is 281 g/mol. The molecule has 1 rings (SSSR count). The van der Waals surface area contributed by atoms with E-state index in [4.69, 9.17) is 23.2 Å². The molecule has 16 heavy (non-hydrogen) atoms. The Bertz CT molecular complexity index is 449. The molecule has 0 saturated carbocycles. The number of hydrogen-bond acceptors (Lipinski definition) is 2. The maximum absolute atomic E-state index is 12.2. The third-order valence-corrected chi connectivity index (χ3v) is 5.23. The highest BCUT2D eigenvalue weighted by atomic mass is 35.5. The van der Waals surface area contributed by atoms with Crippen molar-refractivity contribution in [2.24, 2.45) is 0 Å². The second-order valence-electron chi connectivity index (χ2n) is 3.14. The van der Waals surface area contributed by atoms with Crippen LogP contribution in [0.3, 0.4) is 0 Å². The van der Waals surface area contributed by atoms with Gasteiger partial charge < -0.3 is 0 Å². The fourth-order valence-electron chi connectivity index (χ4n) is 1.42. The highest BCUT2D eigenvalue weighted by molar-refractivity contribution is 7.89.